The molecule has 0 spiro atoms. The highest BCUT2D eigenvalue weighted by Crippen LogP contribution is 2.31. The molecule has 28 heavy (non-hydrogen) atoms. The van der Waals surface area contributed by atoms with Crippen molar-refractivity contribution in [1.29, 1.82) is 0 Å². The SMILES string of the molecule is O=C1Nc2ccccc2/C1=C/Nc1ccc(S(=O)(=O)Oc2ccccc2)cc1. The van der Waals surface area contributed by atoms with E-state index in [0.717, 1.165) is 11.3 Å². The van der Waals surface area contributed by atoms with Crippen molar-refractivity contribution in [1.82, 2.24) is 0 Å². The molecule has 3 aromatic carbocycles. The highest BCUT2D eigenvalue weighted by Gasteiger charge is 2.23. The first-order valence-corrected chi connectivity index (χ1v) is 9.91. The Morgan fingerprint density at radius 3 is 2.29 bits per heavy atom. The van der Waals surface area contributed by atoms with E-state index in [9.17, 15) is 13.2 Å². The van der Waals surface area contributed by atoms with Crippen LogP contribution in [-0.4, -0.2) is 14.3 Å². The molecule has 7 heteroatoms. The Hall–Kier alpha value is -3.58. The number of nitrogens with one attached hydrogen (secondary N) is 2. The molecule has 3 aromatic rings. The lowest BCUT2D eigenvalue weighted by atomic mass is 10.1. The summed E-state index contributed by atoms with van der Waals surface area (Å²) in [5.74, 6) is 0.0597. The van der Waals surface area contributed by atoms with Gasteiger partial charge in [-0.2, -0.15) is 8.42 Å². The van der Waals surface area contributed by atoms with Crippen molar-refractivity contribution in [3.63, 3.8) is 0 Å². The largest absolute Gasteiger partial charge is 0.379 e. The van der Waals surface area contributed by atoms with Gasteiger partial charge in [0.15, 0.2) is 0 Å². The van der Waals surface area contributed by atoms with Gasteiger partial charge in [-0.3, -0.25) is 4.79 Å². The van der Waals surface area contributed by atoms with Gasteiger partial charge in [-0.25, -0.2) is 0 Å². The quantitative estimate of drug-likeness (QED) is 0.509. The summed E-state index contributed by atoms with van der Waals surface area (Å²) >= 11 is 0. The molecule has 0 saturated heterocycles. The number of para-hydroxylation sites is 2. The zero-order valence-corrected chi connectivity index (χ0v) is 15.4. The van der Waals surface area contributed by atoms with Gasteiger partial charge < -0.3 is 14.8 Å². The molecular formula is C21H16N2O4S. The molecule has 1 heterocycles. The summed E-state index contributed by atoms with van der Waals surface area (Å²) in [5.41, 5.74) is 2.73. The van der Waals surface area contributed by atoms with E-state index >= 15 is 0 Å². The van der Waals surface area contributed by atoms with E-state index in [2.05, 4.69) is 10.6 Å². The van der Waals surface area contributed by atoms with Gasteiger partial charge in [0.1, 0.15) is 10.6 Å². The second-order valence-corrected chi connectivity index (χ2v) is 7.62. The lowest BCUT2D eigenvalue weighted by Crippen LogP contribution is -2.09. The first kappa shape index (κ1) is 17.8. The highest BCUT2D eigenvalue weighted by atomic mass is 32.2. The molecule has 2 N–H and O–H groups in total. The molecule has 0 radical (unpaired) electrons. The molecule has 0 aliphatic carbocycles. The minimum Gasteiger partial charge on any atom is -0.379 e. The van der Waals surface area contributed by atoms with Gasteiger partial charge in [0.05, 0.1) is 5.57 Å². The Kier molecular flexibility index (Phi) is 4.58. The van der Waals surface area contributed by atoms with E-state index in [-0.39, 0.29) is 16.6 Å². The zero-order valence-electron chi connectivity index (χ0n) is 14.6. The van der Waals surface area contributed by atoms with Gasteiger partial charge in [-0.1, -0.05) is 36.4 Å². The fourth-order valence-electron chi connectivity index (χ4n) is 2.81. The molecule has 0 saturated carbocycles. The summed E-state index contributed by atoms with van der Waals surface area (Å²) in [5, 5.41) is 5.82. The number of rotatable bonds is 5. The summed E-state index contributed by atoms with van der Waals surface area (Å²) in [7, 11) is -3.92. The third kappa shape index (κ3) is 3.60. The number of anilines is 2. The van der Waals surface area contributed by atoms with Crippen LogP contribution in [0.5, 0.6) is 5.75 Å². The molecule has 0 fully saturated rings. The number of carbonyl (C=O) groups excluding carboxylic acids is 1. The highest BCUT2D eigenvalue weighted by molar-refractivity contribution is 7.87. The van der Waals surface area contributed by atoms with Crippen LogP contribution in [0.2, 0.25) is 0 Å². The monoisotopic (exact) mass is 392 g/mol. The summed E-state index contributed by atoms with van der Waals surface area (Å²) in [4.78, 5) is 12.1. The van der Waals surface area contributed by atoms with Crippen LogP contribution in [0.4, 0.5) is 11.4 Å². The van der Waals surface area contributed by atoms with Crippen LogP contribution in [0.15, 0.2) is 90.0 Å². The molecule has 1 aliphatic rings. The fourth-order valence-corrected chi connectivity index (χ4v) is 3.74. The van der Waals surface area contributed by atoms with Crippen molar-refractivity contribution in [2.24, 2.45) is 0 Å². The molecule has 4 rings (SSSR count). The first-order valence-electron chi connectivity index (χ1n) is 8.50. The average Bonchev–Trinajstić information content (AvgIpc) is 3.02. The zero-order chi connectivity index (χ0) is 19.6. The van der Waals surface area contributed by atoms with Gasteiger partial charge in [0.2, 0.25) is 0 Å². The number of hydrogen-bond acceptors (Lipinski definition) is 5. The second-order valence-electron chi connectivity index (χ2n) is 6.08. The molecule has 6 nitrogen and oxygen atoms in total. The van der Waals surface area contributed by atoms with Crippen LogP contribution in [-0.2, 0) is 14.9 Å². The van der Waals surface area contributed by atoms with Crippen molar-refractivity contribution < 1.29 is 17.4 Å². The summed E-state index contributed by atoms with van der Waals surface area (Å²) in [6.07, 6.45) is 1.60. The van der Waals surface area contributed by atoms with E-state index in [0.29, 0.717) is 11.3 Å². The van der Waals surface area contributed by atoms with Gasteiger partial charge in [0.25, 0.3) is 5.91 Å². The van der Waals surface area contributed by atoms with Crippen LogP contribution in [0.25, 0.3) is 5.57 Å². The minimum absolute atomic E-state index is 0.0403. The number of amides is 1. The van der Waals surface area contributed by atoms with E-state index in [1.165, 1.54) is 12.1 Å². The summed E-state index contributed by atoms with van der Waals surface area (Å²) < 4.78 is 29.8. The Labute approximate surface area is 162 Å². The van der Waals surface area contributed by atoms with Crippen molar-refractivity contribution in [2.45, 2.75) is 4.90 Å². The predicted octanol–water partition coefficient (Wildman–Crippen LogP) is 3.86. The van der Waals surface area contributed by atoms with Gasteiger partial charge in [-0.05, 0) is 42.5 Å². The molecule has 0 aromatic heterocycles. The predicted molar refractivity (Wildman–Crippen MR) is 107 cm³/mol. The van der Waals surface area contributed by atoms with E-state index in [4.69, 9.17) is 4.18 Å². The Balaban J connectivity index is 1.50. The van der Waals surface area contributed by atoms with Crippen molar-refractivity contribution in [3.05, 3.63) is 90.6 Å². The van der Waals surface area contributed by atoms with Crippen LogP contribution >= 0.6 is 0 Å². The number of hydrogen-bond donors (Lipinski definition) is 2. The standard InChI is InChI=1S/C21H16N2O4S/c24-21-19(18-8-4-5-9-20(18)23-21)14-22-15-10-12-17(13-11-15)28(25,26)27-16-6-2-1-3-7-16/h1-14,22H,(H,23,24)/b19-14-. The maximum absolute atomic E-state index is 12.4. The summed E-state index contributed by atoms with van der Waals surface area (Å²) in [6, 6.07) is 21.8. The molecule has 0 unspecified atom stereocenters. The van der Waals surface area contributed by atoms with Crippen LogP contribution < -0.4 is 14.8 Å². The van der Waals surface area contributed by atoms with Crippen molar-refractivity contribution >= 4 is 33.0 Å². The maximum Gasteiger partial charge on any atom is 0.339 e. The topological polar surface area (TPSA) is 84.5 Å². The van der Waals surface area contributed by atoms with Gasteiger partial charge in [0, 0.05) is 23.1 Å². The Morgan fingerprint density at radius 2 is 1.54 bits per heavy atom. The number of benzene rings is 3. The van der Waals surface area contributed by atoms with Crippen LogP contribution in [0.3, 0.4) is 0 Å². The van der Waals surface area contributed by atoms with Gasteiger partial charge in [-0.15, -0.1) is 0 Å². The minimum atomic E-state index is -3.92. The third-order valence-corrected chi connectivity index (χ3v) is 5.45. The van der Waals surface area contributed by atoms with Crippen molar-refractivity contribution in [2.75, 3.05) is 10.6 Å². The Bertz CT molecular complexity index is 1150. The average molecular weight is 392 g/mol. The summed E-state index contributed by atoms with van der Waals surface area (Å²) in [6.45, 7) is 0. The first-order chi connectivity index (χ1) is 13.5. The van der Waals surface area contributed by atoms with Gasteiger partial charge >= 0.3 is 10.1 Å². The van der Waals surface area contributed by atoms with Crippen LogP contribution in [0, 0.1) is 0 Å². The number of fused-ring (bicyclic) bond motifs is 1. The molecule has 1 amide bonds. The third-order valence-electron chi connectivity index (χ3n) is 4.19. The normalized spacial score (nSPS) is 14.4. The van der Waals surface area contributed by atoms with Crippen molar-refractivity contribution in [3.8, 4) is 5.75 Å². The fraction of sp³-hybridized carbons (Fsp3) is 0. The molecular weight excluding hydrogens is 376 g/mol. The van der Waals surface area contributed by atoms with Crippen LogP contribution in [0.1, 0.15) is 5.56 Å². The molecule has 0 bridgehead atoms. The van der Waals surface area contributed by atoms with E-state index < -0.39 is 10.1 Å². The van der Waals surface area contributed by atoms with E-state index in [1.54, 1.807) is 48.7 Å². The lowest BCUT2D eigenvalue weighted by molar-refractivity contribution is -0.110. The lowest BCUT2D eigenvalue weighted by Gasteiger charge is -2.08. The molecule has 0 atom stereocenters. The Morgan fingerprint density at radius 1 is 0.857 bits per heavy atom. The smallest absolute Gasteiger partial charge is 0.339 e. The maximum atomic E-state index is 12.4. The van der Waals surface area contributed by atoms with E-state index in [1.807, 2.05) is 24.3 Å². The molecule has 140 valence electrons. The second kappa shape index (κ2) is 7.21. The molecule has 1 aliphatic heterocycles. The number of carbonyl (C=O) groups is 1.